The third-order valence-corrected chi connectivity index (χ3v) is 1.95. The number of benzene rings is 1. The number of hydrogen-bond donors (Lipinski definition) is 1. The first kappa shape index (κ1) is 9.70. The van der Waals surface area contributed by atoms with Crippen LogP contribution in [0, 0.1) is 0 Å². The van der Waals surface area contributed by atoms with E-state index in [0.29, 0.717) is 0 Å². The predicted octanol–water partition coefficient (Wildman–Crippen LogP) is 2.35. The van der Waals surface area contributed by atoms with Crippen molar-refractivity contribution in [2.45, 2.75) is 6.18 Å². The van der Waals surface area contributed by atoms with E-state index in [1.807, 2.05) is 0 Å². The lowest BCUT2D eigenvalue weighted by atomic mass is 10.1. The molecule has 1 aromatic carbocycles. The van der Waals surface area contributed by atoms with E-state index in [1.54, 1.807) is 0 Å². The maximum Gasteiger partial charge on any atom is 0.416 e. The van der Waals surface area contributed by atoms with Crippen LogP contribution in [0.1, 0.15) is 5.56 Å². The maximum atomic E-state index is 12.3. The van der Waals surface area contributed by atoms with E-state index in [2.05, 4.69) is 10.2 Å². The summed E-state index contributed by atoms with van der Waals surface area (Å²) >= 11 is 0. The fourth-order valence-corrected chi connectivity index (χ4v) is 1.22. The molecule has 3 nitrogen and oxygen atoms in total. The minimum Gasteiger partial charge on any atom is -0.506 e. The fraction of sp³-hybridized carbons (Fsp3) is 0.111. The lowest BCUT2D eigenvalue weighted by molar-refractivity contribution is -0.137. The molecular formula is C9H5F3N2O. The predicted molar refractivity (Wildman–Crippen MR) is 46.2 cm³/mol. The van der Waals surface area contributed by atoms with E-state index in [4.69, 9.17) is 0 Å². The molecule has 0 aliphatic carbocycles. The second-order valence-corrected chi connectivity index (χ2v) is 2.96. The van der Waals surface area contributed by atoms with E-state index in [1.165, 1.54) is 6.07 Å². The number of nitrogens with zero attached hydrogens (tertiary/aromatic N) is 2. The maximum absolute atomic E-state index is 12.3. The topological polar surface area (TPSA) is 46.0 Å². The molecule has 0 bridgehead atoms. The summed E-state index contributed by atoms with van der Waals surface area (Å²) in [6.45, 7) is 0. The second-order valence-electron chi connectivity index (χ2n) is 2.96. The third-order valence-electron chi connectivity index (χ3n) is 1.95. The Balaban J connectivity index is 2.70. The lowest BCUT2D eigenvalue weighted by Crippen LogP contribution is -2.04. The summed E-state index contributed by atoms with van der Waals surface area (Å²) in [5.74, 6) is -0.314. The number of aromatic nitrogens is 2. The van der Waals surface area contributed by atoms with Gasteiger partial charge in [0.1, 0.15) is 5.75 Å². The van der Waals surface area contributed by atoms with Gasteiger partial charge in [-0.3, -0.25) is 0 Å². The van der Waals surface area contributed by atoms with Crippen LogP contribution in [-0.2, 0) is 6.18 Å². The largest absolute Gasteiger partial charge is 0.506 e. The number of rotatable bonds is 0. The van der Waals surface area contributed by atoms with Gasteiger partial charge in [0.05, 0.1) is 17.3 Å². The summed E-state index contributed by atoms with van der Waals surface area (Å²) < 4.78 is 37.0. The van der Waals surface area contributed by atoms with Crippen molar-refractivity contribution in [3.8, 4) is 5.75 Å². The number of fused-ring (bicyclic) bond motifs is 1. The molecular weight excluding hydrogens is 209 g/mol. The van der Waals surface area contributed by atoms with Crippen molar-refractivity contribution in [3.05, 3.63) is 30.0 Å². The number of halogens is 3. The molecule has 0 aliphatic heterocycles. The van der Waals surface area contributed by atoms with Crippen LogP contribution in [0.2, 0.25) is 0 Å². The van der Waals surface area contributed by atoms with Crippen LogP contribution in [0.4, 0.5) is 13.2 Å². The zero-order valence-electron chi connectivity index (χ0n) is 7.28. The van der Waals surface area contributed by atoms with Crippen molar-refractivity contribution in [3.63, 3.8) is 0 Å². The van der Waals surface area contributed by atoms with E-state index in [0.717, 1.165) is 18.3 Å². The Bertz CT molecular complexity index is 510. The second kappa shape index (κ2) is 3.08. The van der Waals surface area contributed by atoms with Crippen LogP contribution in [0.25, 0.3) is 10.9 Å². The molecule has 2 rings (SSSR count). The molecule has 6 heteroatoms. The van der Waals surface area contributed by atoms with Crippen molar-refractivity contribution < 1.29 is 18.3 Å². The standard InChI is InChI=1S/C9H5F3N2O/c10-9(11,12)5-1-2-7-6(3-5)8(15)4-13-14-7/h1-4H,(H,14,15). The summed E-state index contributed by atoms with van der Waals surface area (Å²) in [5.41, 5.74) is -0.596. The summed E-state index contributed by atoms with van der Waals surface area (Å²) in [5, 5.41) is 16.3. The van der Waals surface area contributed by atoms with Gasteiger partial charge in [-0.05, 0) is 18.2 Å². The molecule has 0 fully saturated rings. The number of alkyl halides is 3. The van der Waals surface area contributed by atoms with Crippen LogP contribution >= 0.6 is 0 Å². The van der Waals surface area contributed by atoms with Gasteiger partial charge in [-0.15, -0.1) is 0 Å². The molecule has 0 spiro atoms. The highest BCUT2D eigenvalue weighted by molar-refractivity contribution is 5.84. The summed E-state index contributed by atoms with van der Waals surface area (Å²) in [6.07, 6.45) is -3.42. The molecule has 2 aromatic rings. The van der Waals surface area contributed by atoms with Gasteiger partial charge in [0.2, 0.25) is 0 Å². The minimum atomic E-state index is -4.43. The van der Waals surface area contributed by atoms with Gasteiger partial charge in [-0.25, -0.2) is 0 Å². The van der Waals surface area contributed by atoms with Crippen LogP contribution in [0.3, 0.4) is 0 Å². The van der Waals surface area contributed by atoms with Crippen molar-refractivity contribution in [1.82, 2.24) is 10.2 Å². The highest BCUT2D eigenvalue weighted by atomic mass is 19.4. The molecule has 0 radical (unpaired) electrons. The molecule has 0 atom stereocenters. The van der Waals surface area contributed by atoms with Gasteiger partial charge < -0.3 is 5.11 Å². The first-order valence-corrected chi connectivity index (χ1v) is 4.00. The van der Waals surface area contributed by atoms with Gasteiger partial charge in [0.15, 0.2) is 0 Å². The van der Waals surface area contributed by atoms with Gasteiger partial charge in [0.25, 0.3) is 0 Å². The Labute approximate surface area is 82.2 Å². The Kier molecular flexibility index (Phi) is 1.99. The highest BCUT2D eigenvalue weighted by Crippen LogP contribution is 2.32. The molecule has 0 unspecified atom stereocenters. The normalized spacial score (nSPS) is 11.9. The quantitative estimate of drug-likeness (QED) is 0.732. The van der Waals surface area contributed by atoms with Gasteiger partial charge in [-0.2, -0.15) is 23.4 Å². The summed E-state index contributed by atoms with van der Waals surface area (Å²) in [6, 6.07) is 2.92. The van der Waals surface area contributed by atoms with Crippen LogP contribution in [0.5, 0.6) is 5.75 Å². The Hall–Kier alpha value is -1.85. The van der Waals surface area contributed by atoms with Crippen molar-refractivity contribution in [2.75, 3.05) is 0 Å². The lowest BCUT2D eigenvalue weighted by Gasteiger charge is -2.07. The monoisotopic (exact) mass is 214 g/mol. The zero-order chi connectivity index (χ0) is 11.1. The van der Waals surface area contributed by atoms with E-state index in [-0.39, 0.29) is 16.7 Å². The fourth-order valence-electron chi connectivity index (χ4n) is 1.22. The molecule has 15 heavy (non-hydrogen) atoms. The van der Waals surface area contributed by atoms with Crippen molar-refractivity contribution >= 4 is 10.9 Å². The zero-order valence-corrected chi connectivity index (χ0v) is 7.28. The van der Waals surface area contributed by atoms with Gasteiger partial charge in [-0.1, -0.05) is 0 Å². The molecule has 1 aromatic heterocycles. The van der Waals surface area contributed by atoms with Crippen LogP contribution in [0.15, 0.2) is 24.4 Å². The van der Waals surface area contributed by atoms with Crippen molar-refractivity contribution in [1.29, 1.82) is 0 Å². The molecule has 0 saturated carbocycles. The first-order chi connectivity index (χ1) is 6.98. The molecule has 0 aliphatic rings. The molecule has 1 heterocycles. The van der Waals surface area contributed by atoms with E-state index < -0.39 is 11.7 Å². The van der Waals surface area contributed by atoms with Gasteiger partial charge in [0, 0.05) is 5.39 Å². The summed E-state index contributed by atoms with van der Waals surface area (Å²) in [4.78, 5) is 0. The highest BCUT2D eigenvalue weighted by Gasteiger charge is 2.30. The molecule has 78 valence electrons. The van der Waals surface area contributed by atoms with E-state index in [9.17, 15) is 18.3 Å². The molecule has 1 N–H and O–H groups in total. The minimum absolute atomic E-state index is 0.0415. The molecule has 0 saturated heterocycles. The van der Waals surface area contributed by atoms with Crippen molar-refractivity contribution in [2.24, 2.45) is 0 Å². The van der Waals surface area contributed by atoms with Crippen LogP contribution in [-0.4, -0.2) is 15.3 Å². The SMILES string of the molecule is Oc1cnnc2ccc(C(F)(F)F)cc12. The smallest absolute Gasteiger partial charge is 0.416 e. The average molecular weight is 214 g/mol. The first-order valence-electron chi connectivity index (χ1n) is 4.00. The number of aromatic hydroxyl groups is 1. The average Bonchev–Trinajstić information content (AvgIpc) is 2.16. The Morgan fingerprint density at radius 1 is 1.20 bits per heavy atom. The third kappa shape index (κ3) is 1.70. The van der Waals surface area contributed by atoms with Crippen LogP contribution < -0.4 is 0 Å². The molecule has 0 amide bonds. The van der Waals surface area contributed by atoms with E-state index >= 15 is 0 Å². The Morgan fingerprint density at radius 2 is 1.93 bits per heavy atom. The number of hydrogen-bond acceptors (Lipinski definition) is 3. The Morgan fingerprint density at radius 3 is 2.60 bits per heavy atom. The summed E-state index contributed by atoms with van der Waals surface area (Å²) in [7, 11) is 0. The van der Waals surface area contributed by atoms with Gasteiger partial charge >= 0.3 is 6.18 Å².